The monoisotopic (exact) mass is 388 g/mol. The number of amides is 1. The van der Waals surface area contributed by atoms with E-state index in [1.165, 1.54) is 54.2 Å². The molecule has 2 atom stereocenters. The van der Waals surface area contributed by atoms with Gasteiger partial charge < -0.3 is 15.1 Å². The van der Waals surface area contributed by atoms with E-state index >= 15 is 0 Å². The second kappa shape index (κ2) is 6.73. The van der Waals surface area contributed by atoms with Gasteiger partial charge in [0.1, 0.15) is 0 Å². The number of piperazine rings is 1. The molecule has 1 aromatic rings. The molecule has 0 radical (unpaired) electrons. The van der Waals surface area contributed by atoms with Crippen molar-refractivity contribution >= 4 is 22.4 Å². The van der Waals surface area contributed by atoms with E-state index < -0.39 is 0 Å². The number of fused-ring (bicyclic) bond motifs is 3. The van der Waals surface area contributed by atoms with E-state index in [2.05, 4.69) is 29.0 Å². The second-order valence-electron chi connectivity index (χ2n) is 9.50. The predicted molar refractivity (Wildman–Crippen MR) is 109 cm³/mol. The molecule has 1 amide bonds. The smallest absolute Gasteiger partial charge is 0.228 e. The van der Waals surface area contributed by atoms with E-state index in [-0.39, 0.29) is 5.41 Å². The normalized spacial score (nSPS) is 28.7. The van der Waals surface area contributed by atoms with E-state index in [0.29, 0.717) is 23.9 Å². The van der Waals surface area contributed by atoms with E-state index in [1.54, 1.807) is 0 Å². The van der Waals surface area contributed by atoms with Crippen molar-refractivity contribution in [2.45, 2.75) is 77.4 Å². The Morgan fingerprint density at radius 1 is 1.15 bits per heavy atom. The number of nitrogens with one attached hydrogen (secondary N) is 1. The first-order chi connectivity index (χ1) is 13.0. The predicted octanol–water partition coefficient (Wildman–Crippen LogP) is 3.18. The number of carbonyl (C=O) groups excluding carboxylic acids is 1. The highest BCUT2D eigenvalue weighted by Gasteiger charge is 2.42. The van der Waals surface area contributed by atoms with Crippen molar-refractivity contribution in [3.8, 4) is 0 Å². The van der Waals surface area contributed by atoms with Crippen molar-refractivity contribution in [3.63, 3.8) is 0 Å². The lowest BCUT2D eigenvalue weighted by atomic mass is 9.76. The van der Waals surface area contributed by atoms with E-state index in [0.717, 1.165) is 32.6 Å². The van der Waals surface area contributed by atoms with Crippen LogP contribution in [0.3, 0.4) is 0 Å². The highest BCUT2D eigenvalue weighted by atomic mass is 32.1. The lowest BCUT2D eigenvalue weighted by molar-refractivity contribution is -0.144. The Hall–Kier alpha value is -1.14. The summed E-state index contributed by atoms with van der Waals surface area (Å²) >= 11 is 1.85. The lowest BCUT2D eigenvalue weighted by Crippen LogP contribution is -2.51. The van der Waals surface area contributed by atoms with Crippen molar-refractivity contribution in [2.75, 3.05) is 24.5 Å². The quantitative estimate of drug-likeness (QED) is 0.864. The first-order valence-electron chi connectivity index (χ1n) is 10.8. The van der Waals surface area contributed by atoms with Crippen LogP contribution in [0, 0.1) is 11.3 Å². The Labute approximate surface area is 166 Å². The summed E-state index contributed by atoms with van der Waals surface area (Å²) in [5, 5.41) is 4.76. The molecule has 1 saturated carbocycles. The number of thiazole rings is 1. The molecule has 3 fully saturated rings. The molecular weight excluding hydrogens is 356 g/mol. The maximum absolute atomic E-state index is 13.3. The summed E-state index contributed by atoms with van der Waals surface area (Å²) in [5.74, 6) is 0.914. The minimum Gasteiger partial charge on any atom is -0.340 e. The molecule has 0 spiro atoms. The summed E-state index contributed by atoms with van der Waals surface area (Å²) in [6, 6.07) is 1.21. The fourth-order valence-corrected chi connectivity index (χ4v) is 7.05. The number of rotatable bonds is 3. The molecule has 1 N–H and O–H groups in total. The van der Waals surface area contributed by atoms with Gasteiger partial charge in [-0.2, -0.15) is 0 Å². The van der Waals surface area contributed by atoms with Crippen LogP contribution in [0.1, 0.15) is 62.9 Å². The topological polar surface area (TPSA) is 48.5 Å². The summed E-state index contributed by atoms with van der Waals surface area (Å²) in [6.07, 6.45) is 8.49. The van der Waals surface area contributed by atoms with Gasteiger partial charge in [0, 0.05) is 48.4 Å². The number of hydrogen-bond acceptors (Lipinski definition) is 5. The Bertz CT molecular complexity index is 708. The van der Waals surface area contributed by atoms with Crippen LogP contribution >= 0.6 is 11.3 Å². The van der Waals surface area contributed by atoms with Crippen molar-refractivity contribution in [3.05, 3.63) is 10.6 Å². The molecule has 4 aliphatic rings. The van der Waals surface area contributed by atoms with Gasteiger partial charge >= 0.3 is 0 Å². The third-order valence-electron chi connectivity index (χ3n) is 7.53. The van der Waals surface area contributed by atoms with Crippen LogP contribution in [-0.2, 0) is 17.8 Å². The lowest BCUT2D eigenvalue weighted by Gasteiger charge is -2.37. The van der Waals surface area contributed by atoms with Gasteiger partial charge in [-0.05, 0) is 31.6 Å². The van der Waals surface area contributed by atoms with Crippen LogP contribution in [0.25, 0.3) is 0 Å². The third kappa shape index (κ3) is 3.00. The number of carbonyl (C=O) groups is 1. The summed E-state index contributed by atoms with van der Waals surface area (Å²) < 4.78 is 0. The van der Waals surface area contributed by atoms with E-state index in [9.17, 15) is 4.79 Å². The molecule has 6 heteroatoms. The van der Waals surface area contributed by atoms with Gasteiger partial charge in [0.2, 0.25) is 5.91 Å². The molecule has 1 aliphatic carbocycles. The fraction of sp³-hybridized carbons (Fsp3) is 0.810. The van der Waals surface area contributed by atoms with Crippen LogP contribution in [0.4, 0.5) is 5.13 Å². The highest BCUT2D eigenvalue weighted by Crippen LogP contribution is 2.42. The maximum Gasteiger partial charge on any atom is 0.228 e. The molecule has 148 valence electrons. The van der Waals surface area contributed by atoms with Gasteiger partial charge in [-0.1, -0.05) is 38.0 Å². The molecule has 2 unspecified atom stereocenters. The number of nitrogens with zero attached hydrogens (tertiary/aromatic N) is 3. The zero-order valence-electron chi connectivity index (χ0n) is 16.7. The zero-order valence-corrected chi connectivity index (χ0v) is 17.5. The molecule has 5 nitrogen and oxygen atoms in total. The van der Waals surface area contributed by atoms with Crippen molar-refractivity contribution in [2.24, 2.45) is 11.3 Å². The van der Waals surface area contributed by atoms with Gasteiger partial charge in [0.25, 0.3) is 0 Å². The average Bonchev–Trinajstić information content (AvgIpc) is 3.38. The summed E-state index contributed by atoms with van der Waals surface area (Å²) in [4.78, 5) is 24.4. The molecule has 5 rings (SSSR count). The Kier molecular flexibility index (Phi) is 4.47. The van der Waals surface area contributed by atoms with Crippen molar-refractivity contribution in [1.82, 2.24) is 15.2 Å². The van der Waals surface area contributed by atoms with E-state index in [1.807, 2.05) is 11.3 Å². The molecule has 2 bridgehead atoms. The first kappa shape index (κ1) is 17.9. The van der Waals surface area contributed by atoms with Gasteiger partial charge in [-0.25, -0.2) is 4.98 Å². The van der Waals surface area contributed by atoms with Crippen LogP contribution in [0.15, 0.2) is 0 Å². The zero-order chi connectivity index (χ0) is 18.6. The molecule has 2 saturated heterocycles. The van der Waals surface area contributed by atoms with Gasteiger partial charge in [0.05, 0.1) is 12.2 Å². The summed E-state index contributed by atoms with van der Waals surface area (Å²) in [5.41, 5.74) is 1.02. The molecule has 0 aromatic carbocycles. The number of anilines is 1. The largest absolute Gasteiger partial charge is 0.340 e. The van der Waals surface area contributed by atoms with Crippen LogP contribution in [0.5, 0.6) is 0 Å². The minimum atomic E-state index is -0.223. The summed E-state index contributed by atoms with van der Waals surface area (Å²) in [6.45, 7) is 8.12. The first-order valence-corrected chi connectivity index (χ1v) is 11.6. The standard InChI is InChI=1S/C21H32N4OS/c1-21(2,14-5-3-4-6-14)19(26)24-10-9-17-18(13-24)27-20(23-17)25-15-7-8-16(25)12-22-11-15/h14-16,22H,3-13H2,1-2H3. The van der Waals surface area contributed by atoms with Gasteiger partial charge in [-0.15, -0.1) is 0 Å². The SMILES string of the molecule is CC(C)(C(=O)N1CCc2nc(N3C4CCC3CNC4)sc2C1)C1CCCC1. The van der Waals surface area contributed by atoms with Gasteiger partial charge in [-0.3, -0.25) is 4.79 Å². The minimum absolute atomic E-state index is 0.223. The van der Waals surface area contributed by atoms with Crippen LogP contribution in [-0.4, -0.2) is 47.5 Å². The number of hydrogen-bond donors (Lipinski definition) is 1. The second-order valence-corrected chi connectivity index (χ2v) is 10.6. The van der Waals surface area contributed by atoms with Crippen molar-refractivity contribution < 1.29 is 4.79 Å². The Morgan fingerprint density at radius 2 is 1.85 bits per heavy atom. The Balaban J connectivity index is 1.33. The van der Waals surface area contributed by atoms with Gasteiger partial charge in [0.15, 0.2) is 5.13 Å². The average molecular weight is 389 g/mol. The summed E-state index contributed by atoms with van der Waals surface area (Å²) in [7, 11) is 0. The Morgan fingerprint density at radius 3 is 2.56 bits per heavy atom. The maximum atomic E-state index is 13.3. The molecule has 27 heavy (non-hydrogen) atoms. The molecule has 4 heterocycles. The van der Waals surface area contributed by atoms with Crippen molar-refractivity contribution in [1.29, 1.82) is 0 Å². The fourth-order valence-electron chi connectivity index (χ4n) is 5.79. The van der Waals surface area contributed by atoms with Crippen LogP contribution < -0.4 is 10.2 Å². The molecule has 3 aliphatic heterocycles. The third-order valence-corrected chi connectivity index (χ3v) is 8.63. The highest BCUT2D eigenvalue weighted by molar-refractivity contribution is 7.15. The number of aromatic nitrogens is 1. The van der Waals surface area contributed by atoms with E-state index in [4.69, 9.17) is 4.98 Å². The van der Waals surface area contributed by atoms with Crippen LogP contribution in [0.2, 0.25) is 0 Å². The molecular formula is C21H32N4OS. The molecule has 1 aromatic heterocycles.